The fraction of sp³-hybridized carbons (Fsp3) is 0. The van der Waals surface area contributed by atoms with Crippen LogP contribution < -0.4 is 4.90 Å². The van der Waals surface area contributed by atoms with Gasteiger partial charge in [-0.2, -0.15) is 0 Å². The molecule has 0 saturated carbocycles. The van der Waals surface area contributed by atoms with E-state index in [2.05, 4.69) is 181 Å². The van der Waals surface area contributed by atoms with Gasteiger partial charge in [0.2, 0.25) is 5.89 Å². The quantitative estimate of drug-likeness (QED) is 0.159. The molecule has 0 atom stereocenters. The first kappa shape index (κ1) is 33.2. The van der Waals surface area contributed by atoms with Crippen LogP contribution in [0.15, 0.2) is 215 Å². The molecule has 2 heterocycles. The summed E-state index contributed by atoms with van der Waals surface area (Å²) < 4.78 is 13.1. The van der Waals surface area contributed by atoms with Gasteiger partial charge in [0.15, 0.2) is 5.58 Å². The van der Waals surface area contributed by atoms with Crippen molar-refractivity contribution in [3.63, 3.8) is 0 Å². The van der Waals surface area contributed by atoms with E-state index in [9.17, 15) is 0 Å². The standard InChI is InChI=1S/C55H34N2O2/c1-4-12-35(13-5-1)40-18-10-19-42(32-40)57(43-27-31-51-47(34-43)46-33-41(26-30-50(46)58-51)36-14-6-2-7-15-36)49-21-11-20-45-44(49)28-24-37-22-23-38-25-29-48-54(53(38)52(37)45)59-55(56-48)39-16-8-3-9-17-39/h1-34H. The molecule has 2 aromatic heterocycles. The summed E-state index contributed by atoms with van der Waals surface area (Å²) in [5.41, 5.74) is 12.1. The van der Waals surface area contributed by atoms with Crippen LogP contribution in [0.3, 0.4) is 0 Å². The van der Waals surface area contributed by atoms with Gasteiger partial charge < -0.3 is 13.7 Å². The predicted molar refractivity (Wildman–Crippen MR) is 245 cm³/mol. The van der Waals surface area contributed by atoms with Crippen molar-refractivity contribution in [2.45, 2.75) is 0 Å². The molecule has 12 aromatic rings. The van der Waals surface area contributed by atoms with E-state index in [0.29, 0.717) is 5.89 Å². The summed E-state index contributed by atoms with van der Waals surface area (Å²) in [5.74, 6) is 0.619. The molecule has 4 heteroatoms. The van der Waals surface area contributed by atoms with Crippen LogP contribution in [0, 0.1) is 0 Å². The lowest BCUT2D eigenvalue weighted by Crippen LogP contribution is -2.10. The Hall–Kier alpha value is -7.95. The van der Waals surface area contributed by atoms with Crippen LogP contribution >= 0.6 is 0 Å². The van der Waals surface area contributed by atoms with E-state index in [1.165, 1.54) is 11.1 Å². The van der Waals surface area contributed by atoms with Crippen LogP contribution in [0.4, 0.5) is 17.1 Å². The Kier molecular flexibility index (Phi) is 7.50. The van der Waals surface area contributed by atoms with Crippen LogP contribution in [0.5, 0.6) is 0 Å². The lowest BCUT2D eigenvalue weighted by atomic mass is 9.94. The maximum absolute atomic E-state index is 6.67. The van der Waals surface area contributed by atoms with E-state index in [4.69, 9.17) is 13.8 Å². The van der Waals surface area contributed by atoms with E-state index in [-0.39, 0.29) is 0 Å². The molecule has 12 rings (SSSR count). The smallest absolute Gasteiger partial charge is 0.227 e. The minimum Gasteiger partial charge on any atom is -0.456 e. The van der Waals surface area contributed by atoms with E-state index >= 15 is 0 Å². The Labute approximate surface area is 339 Å². The molecule has 59 heavy (non-hydrogen) atoms. The first-order chi connectivity index (χ1) is 29.2. The number of oxazole rings is 1. The van der Waals surface area contributed by atoms with E-state index < -0.39 is 0 Å². The van der Waals surface area contributed by atoms with Crippen molar-refractivity contribution in [1.82, 2.24) is 4.98 Å². The molecule has 0 unspecified atom stereocenters. The number of anilines is 3. The van der Waals surface area contributed by atoms with Gasteiger partial charge in [0.25, 0.3) is 0 Å². The maximum Gasteiger partial charge on any atom is 0.227 e. The monoisotopic (exact) mass is 754 g/mol. The molecule has 0 aliphatic carbocycles. The number of rotatable bonds is 6. The third-order valence-corrected chi connectivity index (χ3v) is 11.6. The number of nitrogens with zero attached hydrogens (tertiary/aromatic N) is 2. The number of fused-ring (bicyclic) bond motifs is 10. The SMILES string of the molecule is c1ccc(-c2cccc(N(c3ccc4oc5ccc(-c6ccccc6)cc5c4c3)c3cccc4c3ccc3ccc5ccc6nc(-c7ccccc7)oc6c5c34)c2)cc1. The molecule has 0 spiro atoms. The summed E-state index contributed by atoms with van der Waals surface area (Å²) in [6.07, 6.45) is 0. The molecule has 0 aliphatic heterocycles. The molecule has 0 bridgehead atoms. The van der Waals surface area contributed by atoms with Crippen molar-refractivity contribution in [3.05, 3.63) is 206 Å². The third kappa shape index (κ3) is 5.49. The number of furan rings is 1. The van der Waals surface area contributed by atoms with Crippen molar-refractivity contribution >= 4 is 82.4 Å². The highest BCUT2D eigenvalue weighted by molar-refractivity contribution is 6.27. The molecule has 0 radical (unpaired) electrons. The lowest BCUT2D eigenvalue weighted by molar-refractivity contribution is 0.623. The Balaban J connectivity index is 1.11. The van der Waals surface area contributed by atoms with E-state index in [1.807, 2.05) is 30.3 Å². The summed E-state index contributed by atoms with van der Waals surface area (Å²) in [5, 5.41) is 8.88. The number of hydrogen-bond acceptors (Lipinski definition) is 4. The van der Waals surface area contributed by atoms with Gasteiger partial charge in [-0.15, -0.1) is 0 Å². The Morgan fingerprint density at radius 3 is 1.71 bits per heavy atom. The van der Waals surface area contributed by atoms with Crippen LogP contribution in [0.1, 0.15) is 0 Å². The Morgan fingerprint density at radius 1 is 0.356 bits per heavy atom. The largest absolute Gasteiger partial charge is 0.456 e. The molecular formula is C55H34N2O2. The van der Waals surface area contributed by atoms with Crippen molar-refractivity contribution in [1.29, 1.82) is 0 Å². The number of hydrogen-bond donors (Lipinski definition) is 0. The molecule has 4 nitrogen and oxygen atoms in total. The van der Waals surface area contributed by atoms with Crippen LogP contribution in [-0.4, -0.2) is 4.98 Å². The summed E-state index contributed by atoms with van der Waals surface area (Å²) in [6, 6.07) is 72.9. The molecule has 10 aromatic carbocycles. The van der Waals surface area contributed by atoms with Crippen molar-refractivity contribution in [2.75, 3.05) is 4.90 Å². The summed E-state index contributed by atoms with van der Waals surface area (Å²) in [6.45, 7) is 0. The van der Waals surface area contributed by atoms with Gasteiger partial charge in [-0.1, -0.05) is 140 Å². The van der Waals surface area contributed by atoms with Crippen molar-refractivity contribution in [3.8, 4) is 33.7 Å². The predicted octanol–water partition coefficient (Wildman–Crippen LogP) is 15.7. The number of benzene rings is 10. The molecule has 0 aliphatic rings. The fourth-order valence-corrected chi connectivity index (χ4v) is 8.86. The normalized spacial score (nSPS) is 11.7. The second-order valence-electron chi connectivity index (χ2n) is 15.1. The van der Waals surface area contributed by atoms with Gasteiger partial charge in [-0.3, -0.25) is 0 Å². The minimum atomic E-state index is 0.619. The zero-order valence-corrected chi connectivity index (χ0v) is 31.8. The summed E-state index contributed by atoms with van der Waals surface area (Å²) >= 11 is 0. The summed E-state index contributed by atoms with van der Waals surface area (Å²) in [4.78, 5) is 7.35. The summed E-state index contributed by atoms with van der Waals surface area (Å²) in [7, 11) is 0. The van der Waals surface area contributed by atoms with Crippen LogP contribution in [0.25, 0.3) is 99.1 Å². The molecular weight excluding hydrogens is 721 g/mol. The molecule has 0 fully saturated rings. The molecule has 0 N–H and O–H groups in total. The van der Waals surface area contributed by atoms with E-state index in [1.54, 1.807) is 0 Å². The molecule has 276 valence electrons. The fourth-order valence-electron chi connectivity index (χ4n) is 8.86. The molecule has 0 amide bonds. The zero-order chi connectivity index (χ0) is 38.9. The highest BCUT2D eigenvalue weighted by Gasteiger charge is 2.21. The maximum atomic E-state index is 6.67. The van der Waals surface area contributed by atoms with Crippen LogP contribution in [0.2, 0.25) is 0 Å². The average molecular weight is 755 g/mol. The van der Waals surface area contributed by atoms with Crippen molar-refractivity contribution in [2.24, 2.45) is 0 Å². The zero-order valence-electron chi connectivity index (χ0n) is 31.8. The van der Waals surface area contributed by atoms with E-state index in [0.717, 1.165) is 99.1 Å². The van der Waals surface area contributed by atoms with Gasteiger partial charge in [-0.25, -0.2) is 4.98 Å². The van der Waals surface area contributed by atoms with Gasteiger partial charge in [0.05, 0.1) is 5.69 Å². The van der Waals surface area contributed by atoms with Gasteiger partial charge in [-0.05, 0) is 105 Å². The van der Waals surface area contributed by atoms with Crippen molar-refractivity contribution < 1.29 is 8.83 Å². The van der Waals surface area contributed by atoms with Gasteiger partial charge in [0, 0.05) is 43.9 Å². The first-order valence-corrected chi connectivity index (χ1v) is 19.9. The Morgan fingerprint density at radius 2 is 0.949 bits per heavy atom. The first-order valence-electron chi connectivity index (χ1n) is 19.9. The topological polar surface area (TPSA) is 42.4 Å². The third-order valence-electron chi connectivity index (χ3n) is 11.6. The Bertz CT molecular complexity index is 3550. The highest BCUT2D eigenvalue weighted by atomic mass is 16.3. The van der Waals surface area contributed by atoms with Gasteiger partial charge in [0.1, 0.15) is 16.7 Å². The second-order valence-corrected chi connectivity index (χ2v) is 15.1. The number of aromatic nitrogens is 1. The lowest BCUT2D eigenvalue weighted by Gasteiger charge is -2.28. The van der Waals surface area contributed by atoms with Gasteiger partial charge >= 0.3 is 0 Å². The van der Waals surface area contributed by atoms with Crippen LogP contribution in [-0.2, 0) is 0 Å². The minimum absolute atomic E-state index is 0.619. The molecule has 0 saturated heterocycles. The highest BCUT2D eigenvalue weighted by Crippen LogP contribution is 2.45. The average Bonchev–Trinajstić information content (AvgIpc) is 3.92. The second kappa shape index (κ2) is 13.3.